The van der Waals surface area contributed by atoms with E-state index in [-0.39, 0.29) is 0 Å². The molecule has 1 aliphatic carbocycles. The molecule has 1 heterocycles. The molecule has 1 fully saturated rings. The molecule has 2 rings (SSSR count). The van der Waals surface area contributed by atoms with Gasteiger partial charge < -0.3 is 10.2 Å². The summed E-state index contributed by atoms with van der Waals surface area (Å²) in [5.41, 5.74) is 0. The van der Waals surface area contributed by atoms with Crippen molar-refractivity contribution >= 4 is 11.6 Å². The second-order valence-corrected chi connectivity index (χ2v) is 5.05. The summed E-state index contributed by atoms with van der Waals surface area (Å²) in [5.74, 6) is 1.86. The fourth-order valence-electron chi connectivity index (χ4n) is 2.62. The average molecular weight is 248 g/mol. The Morgan fingerprint density at radius 2 is 1.94 bits per heavy atom. The molecule has 1 aliphatic rings. The average Bonchev–Trinajstić information content (AvgIpc) is 2.67. The van der Waals surface area contributed by atoms with Crippen LogP contribution in [0.5, 0.6) is 0 Å². The first kappa shape index (κ1) is 13.1. The van der Waals surface area contributed by atoms with E-state index in [4.69, 9.17) is 0 Å². The molecule has 100 valence electrons. The van der Waals surface area contributed by atoms with Gasteiger partial charge in [0.1, 0.15) is 11.6 Å². The van der Waals surface area contributed by atoms with Crippen molar-refractivity contribution in [3.05, 3.63) is 12.4 Å². The fourth-order valence-corrected chi connectivity index (χ4v) is 2.62. The number of aromatic nitrogens is 2. The molecule has 18 heavy (non-hydrogen) atoms. The van der Waals surface area contributed by atoms with E-state index < -0.39 is 0 Å². The monoisotopic (exact) mass is 248 g/mol. The first-order valence-electron chi connectivity index (χ1n) is 7.10. The summed E-state index contributed by atoms with van der Waals surface area (Å²) in [6.45, 7) is 2.95. The number of anilines is 2. The Morgan fingerprint density at radius 3 is 2.61 bits per heavy atom. The molecule has 4 nitrogen and oxygen atoms in total. The highest BCUT2D eigenvalue weighted by Crippen LogP contribution is 2.24. The van der Waals surface area contributed by atoms with Gasteiger partial charge in [-0.2, -0.15) is 0 Å². The second-order valence-electron chi connectivity index (χ2n) is 5.05. The van der Waals surface area contributed by atoms with Gasteiger partial charge in [-0.3, -0.25) is 4.98 Å². The molecule has 1 aromatic heterocycles. The molecule has 1 aromatic rings. The van der Waals surface area contributed by atoms with Crippen LogP contribution in [-0.2, 0) is 0 Å². The first-order valence-corrected chi connectivity index (χ1v) is 7.10. The van der Waals surface area contributed by atoms with E-state index in [2.05, 4.69) is 34.2 Å². The van der Waals surface area contributed by atoms with Gasteiger partial charge in [0.05, 0.1) is 12.4 Å². The summed E-state index contributed by atoms with van der Waals surface area (Å²) in [6, 6.07) is 0.624. The highest BCUT2D eigenvalue weighted by Gasteiger charge is 2.18. The van der Waals surface area contributed by atoms with Crippen LogP contribution < -0.4 is 10.2 Å². The smallest absolute Gasteiger partial charge is 0.149 e. The molecule has 1 saturated carbocycles. The lowest BCUT2D eigenvalue weighted by atomic mass is 10.1. The van der Waals surface area contributed by atoms with Crippen LogP contribution in [0.25, 0.3) is 0 Å². The van der Waals surface area contributed by atoms with Crippen molar-refractivity contribution in [2.24, 2.45) is 0 Å². The summed E-state index contributed by atoms with van der Waals surface area (Å²) in [7, 11) is 2.15. The molecular weight excluding hydrogens is 224 g/mol. The third-order valence-electron chi connectivity index (χ3n) is 3.71. The van der Waals surface area contributed by atoms with Crippen LogP contribution in [0.1, 0.15) is 45.4 Å². The highest BCUT2D eigenvalue weighted by molar-refractivity contribution is 5.43. The zero-order valence-corrected chi connectivity index (χ0v) is 11.5. The molecule has 0 spiro atoms. The molecule has 0 aliphatic heterocycles. The summed E-state index contributed by atoms with van der Waals surface area (Å²) in [6.07, 6.45) is 11.7. The lowest BCUT2D eigenvalue weighted by molar-refractivity contribution is 0.549. The number of hydrogen-bond donors (Lipinski definition) is 1. The second kappa shape index (κ2) is 6.57. The van der Waals surface area contributed by atoms with Gasteiger partial charge in [0.25, 0.3) is 0 Å². The molecule has 4 heteroatoms. The van der Waals surface area contributed by atoms with Crippen LogP contribution >= 0.6 is 0 Å². The molecule has 0 amide bonds. The van der Waals surface area contributed by atoms with E-state index in [1.807, 2.05) is 6.20 Å². The standard InChI is InChI=1S/C14H24N4/c1-3-16-13-10-15-11-14(17-13)18(2)12-8-6-4-5-7-9-12/h10-12H,3-9H2,1-2H3,(H,16,17). The third-order valence-corrected chi connectivity index (χ3v) is 3.71. The maximum atomic E-state index is 4.62. The van der Waals surface area contributed by atoms with Crippen LogP contribution in [0.2, 0.25) is 0 Å². The quantitative estimate of drug-likeness (QED) is 0.831. The van der Waals surface area contributed by atoms with E-state index >= 15 is 0 Å². The topological polar surface area (TPSA) is 41.1 Å². The van der Waals surface area contributed by atoms with Gasteiger partial charge in [-0.05, 0) is 19.8 Å². The van der Waals surface area contributed by atoms with Crippen molar-refractivity contribution in [3.63, 3.8) is 0 Å². The predicted molar refractivity (Wildman–Crippen MR) is 76.1 cm³/mol. The first-order chi connectivity index (χ1) is 8.81. The Hall–Kier alpha value is -1.32. The molecule has 0 aromatic carbocycles. The van der Waals surface area contributed by atoms with Crippen molar-refractivity contribution in [1.82, 2.24) is 9.97 Å². The molecule has 0 atom stereocenters. The zero-order valence-electron chi connectivity index (χ0n) is 11.5. The van der Waals surface area contributed by atoms with E-state index in [1.54, 1.807) is 6.20 Å². The van der Waals surface area contributed by atoms with E-state index in [9.17, 15) is 0 Å². The van der Waals surface area contributed by atoms with Crippen LogP contribution in [-0.4, -0.2) is 29.6 Å². The van der Waals surface area contributed by atoms with Gasteiger partial charge in [0, 0.05) is 19.6 Å². The zero-order chi connectivity index (χ0) is 12.8. The van der Waals surface area contributed by atoms with Gasteiger partial charge in [0.2, 0.25) is 0 Å². The maximum absolute atomic E-state index is 4.62. The molecule has 1 N–H and O–H groups in total. The molecule has 0 radical (unpaired) electrons. The van der Waals surface area contributed by atoms with Crippen molar-refractivity contribution in [3.8, 4) is 0 Å². The van der Waals surface area contributed by atoms with E-state index in [1.165, 1.54) is 38.5 Å². The Labute approximate surface area is 110 Å². The summed E-state index contributed by atoms with van der Waals surface area (Å²) in [5, 5.41) is 3.22. The Bertz CT molecular complexity index is 359. The van der Waals surface area contributed by atoms with Gasteiger partial charge in [-0.1, -0.05) is 25.7 Å². The van der Waals surface area contributed by atoms with Gasteiger partial charge in [-0.25, -0.2) is 4.98 Å². The molecule has 0 unspecified atom stereocenters. The number of rotatable bonds is 4. The normalized spacial score (nSPS) is 17.2. The summed E-state index contributed by atoms with van der Waals surface area (Å²) in [4.78, 5) is 11.2. The van der Waals surface area contributed by atoms with Crippen molar-refractivity contribution in [1.29, 1.82) is 0 Å². The lowest BCUT2D eigenvalue weighted by Gasteiger charge is -2.28. The Balaban J connectivity index is 2.06. The number of nitrogens with one attached hydrogen (secondary N) is 1. The predicted octanol–water partition coefficient (Wildman–Crippen LogP) is 3.07. The molecular formula is C14H24N4. The van der Waals surface area contributed by atoms with Gasteiger partial charge in [-0.15, -0.1) is 0 Å². The Kier molecular flexibility index (Phi) is 4.79. The largest absolute Gasteiger partial charge is 0.369 e. The van der Waals surface area contributed by atoms with Crippen molar-refractivity contribution in [2.75, 3.05) is 23.8 Å². The fraction of sp³-hybridized carbons (Fsp3) is 0.714. The van der Waals surface area contributed by atoms with Crippen LogP contribution in [0.15, 0.2) is 12.4 Å². The third kappa shape index (κ3) is 3.34. The minimum atomic E-state index is 0.624. The van der Waals surface area contributed by atoms with Gasteiger partial charge >= 0.3 is 0 Å². The maximum Gasteiger partial charge on any atom is 0.149 e. The number of nitrogens with zero attached hydrogens (tertiary/aromatic N) is 3. The summed E-state index contributed by atoms with van der Waals surface area (Å²) >= 11 is 0. The van der Waals surface area contributed by atoms with E-state index in [0.29, 0.717) is 6.04 Å². The minimum absolute atomic E-state index is 0.624. The molecule has 0 saturated heterocycles. The Morgan fingerprint density at radius 1 is 1.22 bits per heavy atom. The van der Waals surface area contributed by atoms with Crippen molar-refractivity contribution in [2.45, 2.75) is 51.5 Å². The lowest BCUT2D eigenvalue weighted by Crippen LogP contribution is -2.32. The minimum Gasteiger partial charge on any atom is -0.369 e. The van der Waals surface area contributed by atoms with Crippen LogP contribution in [0.3, 0.4) is 0 Å². The SMILES string of the molecule is CCNc1cncc(N(C)C2CCCCCC2)n1. The number of hydrogen-bond acceptors (Lipinski definition) is 4. The van der Waals surface area contributed by atoms with Crippen LogP contribution in [0, 0.1) is 0 Å². The summed E-state index contributed by atoms with van der Waals surface area (Å²) < 4.78 is 0. The highest BCUT2D eigenvalue weighted by atomic mass is 15.2. The van der Waals surface area contributed by atoms with Crippen molar-refractivity contribution < 1.29 is 0 Å². The van der Waals surface area contributed by atoms with E-state index in [0.717, 1.165) is 18.2 Å². The molecule has 0 bridgehead atoms. The van der Waals surface area contributed by atoms with Gasteiger partial charge in [0.15, 0.2) is 0 Å². The van der Waals surface area contributed by atoms with Crippen LogP contribution in [0.4, 0.5) is 11.6 Å².